The average molecular weight is 268 g/mol. The molecule has 100 valence electrons. The van der Waals surface area contributed by atoms with E-state index in [1.165, 1.54) is 0 Å². The van der Waals surface area contributed by atoms with E-state index >= 15 is 0 Å². The van der Waals surface area contributed by atoms with Crippen molar-refractivity contribution in [2.24, 2.45) is 5.73 Å². The summed E-state index contributed by atoms with van der Waals surface area (Å²) in [5.74, 6) is 1.48. The fourth-order valence-corrected chi connectivity index (χ4v) is 2.41. The van der Waals surface area contributed by atoms with Gasteiger partial charge in [-0.05, 0) is 24.5 Å². The second kappa shape index (κ2) is 6.90. The molecule has 1 rings (SSSR count). The molecule has 0 heterocycles. The number of aryl methyl sites for hydroxylation is 1. The monoisotopic (exact) mass is 268 g/mol. The summed E-state index contributed by atoms with van der Waals surface area (Å²) >= 11 is 0. The number of benzene rings is 1. The van der Waals surface area contributed by atoms with Gasteiger partial charge in [-0.1, -0.05) is 12.1 Å². The van der Waals surface area contributed by atoms with E-state index in [0.717, 1.165) is 40.1 Å². The van der Waals surface area contributed by atoms with Crippen LogP contribution >= 0.6 is 0 Å². The highest BCUT2D eigenvalue weighted by atomic mass is 28.1. The van der Waals surface area contributed by atoms with Crippen molar-refractivity contribution in [3.8, 4) is 11.5 Å². The first-order chi connectivity index (χ1) is 8.58. The zero-order valence-corrected chi connectivity index (χ0v) is 13.0. The van der Waals surface area contributed by atoms with Gasteiger partial charge in [-0.2, -0.15) is 0 Å². The first-order valence-corrected chi connectivity index (χ1v) is 6.99. The molecule has 3 N–H and O–H groups in total. The lowest BCUT2D eigenvalue weighted by atomic mass is 10.1. The quantitative estimate of drug-likeness (QED) is 0.713. The largest absolute Gasteiger partial charge is 0.493 e. The molecule has 0 bridgehead atoms. The Kier molecular flexibility index (Phi) is 5.51. The number of ether oxygens (including phenoxy) is 2. The Balaban J connectivity index is 2.69. The van der Waals surface area contributed by atoms with Crippen LogP contribution in [0, 0.1) is 0 Å². The molecule has 1 atom stereocenters. The molecule has 0 aliphatic rings. The predicted molar refractivity (Wildman–Crippen MR) is 74.3 cm³/mol. The first kappa shape index (κ1) is 14.4. The number of hydrogen-bond donors (Lipinski definition) is 2. The van der Waals surface area contributed by atoms with Gasteiger partial charge in [0.15, 0.2) is 11.5 Å². The number of carbonyl (C=O) groups excluding carboxylic acids is 1. The summed E-state index contributed by atoms with van der Waals surface area (Å²) in [6, 6.07) is 5.33. The van der Waals surface area contributed by atoms with E-state index in [2.05, 4.69) is 5.32 Å². The van der Waals surface area contributed by atoms with Crippen molar-refractivity contribution in [2.45, 2.75) is 18.5 Å². The minimum atomic E-state index is -0.465. The molecule has 5 nitrogen and oxygen atoms in total. The molecule has 1 unspecified atom stereocenters. The van der Waals surface area contributed by atoms with Crippen molar-refractivity contribution >= 4 is 16.3 Å². The fourth-order valence-electron chi connectivity index (χ4n) is 1.84. The zero-order valence-electron chi connectivity index (χ0n) is 11.0. The summed E-state index contributed by atoms with van der Waals surface area (Å²) in [7, 11) is 4.11. The van der Waals surface area contributed by atoms with Crippen LogP contribution in [0.15, 0.2) is 18.2 Å². The van der Waals surface area contributed by atoms with E-state index in [4.69, 9.17) is 15.2 Å². The normalized spacial score (nSPS) is 11.9. The van der Waals surface area contributed by atoms with E-state index in [9.17, 15) is 4.79 Å². The van der Waals surface area contributed by atoms with E-state index in [0.29, 0.717) is 0 Å². The molecular weight excluding hydrogens is 248 g/mol. The molecule has 0 saturated carbocycles. The fraction of sp³-hybridized carbons (Fsp3) is 0.417. The van der Waals surface area contributed by atoms with Crippen LogP contribution in [-0.4, -0.2) is 36.2 Å². The maximum absolute atomic E-state index is 10.7. The lowest BCUT2D eigenvalue weighted by molar-refractivity contribution is 0.247. The van der Waals surface area contributed by atoms with Crippen LogP contribution in [0.2, 0.25) is 0 Å². The minimum Gasteiger partial charge on any atom is -0.493 e. The topological polar surface area (TPSA) is 73.6 Å². The van der Waals surface area contributed by atoms with Crippen LogP contribution in [0.5, 0.6) is 11.5 Å². The summed E-state index contributed by atoms with van der Waals surface area (Å²) in [5.41, 5.74) is 6.33. The molecule has 0 aliphatic heterocycles. The number of amides is 2. The number of urea groups is 1. The summed E-state index contributed by atoms with van der Waals surface area (Å²) in [6.07, 6.45) is 1.66. The highest BCUT2D eigenvalue weighted by Gasteiger charge is 2.11. The van der Waals surface area contributed by atoms with Gasteiger partial charge in [0.25, 0.3) is 0 Å². The van der Waals surface area contributed by atoms with E-state index in [1.54, 1.807) is 14.2 Å². The van der Waals surface area contributed by atoms with Crippen molar-refractivity contribution in [1.29, 1.82) is 0 Å². The molecular formula is C12H20N2O3Si. The number of primary amides is 1. The van der Waals surface area contributed by atoms with Crippen molar-refractivity contribution < 1.29 is 14.3 Å². The maximum atomic E-state index is 10.7. The molecule has 0 radical (unpaired) electrons. The van der Waals surface area contributed by atoms with Crippen molar-refractivity contribution in [3.05, 3.63) is 23.8 Å². The van der Waals surface area contributed by atoms with Crippen LogP contribution in [0.1, 0.15) is 12.0 Å². The van der Waals surface area contributed by atoms with Crippen molar-refractivity contribution in [1.82, 2.24) is 5.32 Å². The molecule has 18 heavy (non-hydrogen) atoms. The summed E-state index contributed by atoms with van der Waals surface area (Å²) in [6.45, 7) is 0. The average Bonchev–Trinajstić information content (AvgIpc) is 2.34. The van der Waals surface area contributed by atoms with E-state index in [-0.39, 0.29) is 5.67 Å². The van der Waals surface area contributed by atoms with Crippen molar-refractivity contribution in [3.63, 3.8) is 0 Å². The molecule has 1 aromatic carbocycles. The highest BCUT2D eigenvalue weighted by molar-refractivity contribution is 6.12. The number of nitrogens with one attached hydrogen (secondary N) is 1. The SMILES string of the molecule is COc1cccc(CCC([SiH3])NC(N)=O)c1OC. The third kappa shape index (κ3) is 3.96. The molecule has 0 spiro atoms. The second-order valence-electron chi connectivity index (χ2n) is 4.10. The van der Waals surface area contributed by atoms with Crippen LogP contribution in [0.25, 0.3) is 0 Å². The first-order valence-electron chi connectivity index (χ1n) is 5.84. The van der Waals surface area contributed by atoms with Gasteiger partial charge in [0, 0.05) is 15.9 Å². The van der Waals surface area contributed by atoms with Gasteiger partial charge < -0.3 is 20.5 Å². The Morgan fingerprint density at radius 3 is 2.72 bits per heavy atom. The zero-order chi connectivity index (χ0) is 13.5. The van der Waals surface area contributed by atoms with Gasteiger partial charge >= 0.3 is 6.03 Å². The van der Waals surface area contributed by atoms with E-state index < -0.39 is 6.03 Å². The lowest BCUT2D eigenvalue weighted by Gasteiger charge is -2.15. The third-order valence-electron chi connectivity index (χ3n) is 2.72. The van der Waals surface area contributed by atoms with E-state index in [1.807, 2.05) is 18.2 Å². The second-order valence-corrected chi connectivity index (χ2v) is 5.49. The number of carbonyl (C=O) groups is 1. The molecule has 0 saturated heterocycles. The van der Waals surface area contributed by atoms with Gasteiger partial charge in [-0.25, -0.2) is 4.79 Å². The van der Waals surface area contributed by atoms with Gasteiger partial charge in [-0.3, -0.25) is 0 Å². The van der Waals surface area contributed by atoms with Gasteiger partial charge in [0.2, 0.25) is 0 Å². The third-order valence-corrected chi connectivity index (χ3v) is 3.59. The standard InChI is InChI=1S/C12H20N2O3Si/c1-16-9-5-3-4-8(11(9)17-2)6-7-10(18)14-12(13)15/h3-5,10H,6-7H2,1-2,18H3,(H3,13,14,15). The van der Waals surface area contributed by atoms with Gasteiger partial charge in [0.1, 0.15) is 0 Å². The summed E-state index contributed by atoms with van der Waals surface area (Å²) < 4.78 is 10.6. The molecule has 6 heteroatoms. The minimum absolute atomic E-state index is 0.165. The number of rotatable bonds is 6. The Hall–Kier alpha value is -1.69. The van der Waals surface area contributed by atoms with Crippen LogP contribution < -0.4 is 20.5 Å². The molecule has 1 aromatic rings. The summed E-state index contributed by atoms with van der Waals surface area (Å²) in [5, 5.41) is 2.71. The van der Waals surface area contributed by atoms with Crippen LogP contribution in [-0.2, 0) is 6.42 Å². The Morgan fingerprint density at radius 2 is 2.17 bits per heavy atom. The number of para-hydroxylation sites is 1. The van der Waals surface area contributed by atoms with Crippen LogP contribution in [0.4, 0.5) is 4.79 Å². The van der Waals surface area contributed by atoms with Gasteiger partial charge in [0.05, 0.1) is 14.2 Å². The maximum Gasteiger partial charge on any atom is 0.312 e. The molecule has 2 amide bonds. The predicted octanol–water partition coefficient (Wildman–Crippen LogP) is -0.00380. The Bertz CT molecular complexity index is 412. The summed E-state index contributed by atoms with van der Waals surface area (Å²) in [4.78, 5) is 10.7. The lowest BCUT2D eigenvalue weighted by Crippen LogP contribution is -2.39. The highest BCUT2D eigenvalue weighted by Crippen LogP contribution is 2.31. The van der Waals surface area contributed by atoms with Crippen LogP contribution in [0.3, 0.4) is 0 Å². The number of methoxy groups -OCH3 is 2. The number of hydrogen-bond acceptors (Lipinski definition) is 3. The molecule has 0 aliphatic carbocycles. The number of nitrogens with two attached hydrogens (primary N) is 1. The molecule has 0 fully saturated rings. The smallest absolute Gasteiger partial charge is 0.312 e. The Morgan fingerprint density at radius 1 is 1.44 bits per heavy atom. The van der Waals surface area contributed by atoms with Crippen molar-refractivity contribution in [2.75, 3.05) is 14.2 Å². The Labute approximate surface area is 110 Å². The van der Waals surface area contributed by atoms with Gasteiger partial charge in [-0.15, -0.1) is 0 Å². The molecule has 0 aromatic heterocycles.